The van der Waals surface area contributed by atoms with Crippen molar-refractivity contribution in [1.82, 2.24) is 0 Å². The summed E-state index contributed by atoms with van der Waals surface area (Å²) < 4.78 is 0. The van der Waals surface area contributed by atoms with Gasteiger partial charge in [-0.3, -0.25) is 0 Å². The van der Waals surface area contributed by atoms with Crippen LogP contribution in [0.2, 0.25) is 0 Å². The van der Waals surface area contributed by atoms with Crippen LogP contribution in [0.1, 0.15) is 11.6 Å². The van der Waals surface area contributed by atoms with Crippen LogP contribution in [0.4, 0.5) is 0 Å². The van der Waals surface area contributed by atoms with E-state index < -0.39 is 6.04 Å². The van der Waals surface area contributed by atoms with Crippen molar-refractivity contribution in [3.05, 3.63) is 39.6 Å². The van der Waals surface area contributed by atoms with Gasteiger partial charge >= 0.3 is 0 Å². The van der Waals surface area contributed by atoms with Gasteiger partial charge in [0.25, 0.3) is 0 Å². The Morgan fingerprint density at radius 3 is 2.31 bits per heavy atom. The second kappa shape index (κ2) is 4.30. The lowest BCUT2D eigenvalue weighted by Gasteiger charge is -2.03. The van der Waals surface area contributed by atoms with Crippen LogP contribution in [0.25, 0.3) is 0 Å². The van der Waals surface area contributed by atoms with Crippen molar-refractivity contribution in [2.24, 2.45) is 10.4 Å². The maximum absolute atomic E-state index is 10.3. The number of rotatable bonds is 4. The minimum atomic E-state index is -0.752. The van der Waals surface area contributed by atoms with Crippen molar-refractivity contribution in [3.63, 3.8) is 0 Å². The number of phenols is 1. The van der Waals surface area contributed by atoms with E-state index in [1.165, 1.54) is 24.3 Å². The van der Waals surface area contributed by atoms with Crippen LogP contribution >= 0.6 is 0 Å². The quantitative estimate of drug-likeness (QED) is 0.719. The standard InChI is InChI=1S/C8H8N2O3/c11-7-3-1-6(2-4-7)8(10-13)5-9-12/h1-4,8,11H,5H2. The van der Waals surface area contributed by atoms with Crippen LogP contribution < -0.4 is 0 Å². The first kappa shape index (κ1) is 9.31. The molecule has 5 nitrogen and oxygen atoms in total. The van der Waals surface area contributed by atoms with Crippen LogP contribution in [-0.2, 0) is 0 Å². The number of nitroso groups, excluding NO2 is 2. The van der Waals surface area contributed by atoms with Gasteiger partial charge < -0.3 is 5.11 Å². The van der Waals surface area contributed by atoms with Crippen molar-refractivity contribution in [2.75, 3.05) is 6.54 Å². The average Bonchev–Trinajstić information content (AvgIpc) is 2.16. The molecule has 0 radical (unpaired) electrons. The van der Waals surface area contributed by atoms with Crippen LogP contribution in [-0.4, -0.2) is 11.7 Å². The minimum absolute atomic E-state index is 0.104. The summed E-state index contributed by atoms with van der Waals surface area (Å²) in [4.78, 5) is 20.2. The molecule has 1 unspecified atom stereocenters. The first-order chi connectivity index (χ1) is 6.27. The summed E-state index contributed by atoms with van der Waals surface area (Å²) >= 11 is 0. The lowest BCUT2D eigenvalue weighted by molar-refractivity contribution is 0.475. The number of nitrogens with zero attached hydrogens (tertiary/aromatic N) is 2. The molecule has 68 valence electrons. The van der Waals surface area contributed by atoms with E-state index in [1.807, 2.05) is 0 Å². The maximum atomic E-state index is 10.3. The molecule has 1 N–H and O–H groups in total. The van der Waals surface area contributed by atoms with Gasteiger partial charge in [0, 0.05) is 0 Å². The maximum Gasteiger partial charge on any atom is 0.140 e. The fourth-order valence-corrected chi connectivity index (χ4v) is 0.967. The first-order valence-corrected chi connectivity index (χ1v) is 3.68. The molecule has 0 heterocycles. The summed E-state index contributed by atoms with van der Waals surface area (Å²) in [6.45, 7) is -0.172. The van der Waals surface area contributed by atoms with E-state index in [0.717, 1.165) is 0 Å². The molecular formula is C8H8N2O3. The fourth-order valence-electron chi connectivity index (χ4n) is 0.967. The third-order valence-corrected chi connectivity index (χ3v) is 1.65. The van der Waals surface area contributed by atoms with Gasteiger partial charge in [0.05, 0.1) is 0 Å². The molecule has 0 bridgehead atoms. The SMILES string of the molecule is O=NCC(N=O)c1ccc(O)cc1. The summed E-state index contributed by atoms with van der Waals surface area (Å²) in [6.07, 6.45) is 0. The zero-order chi connectivity index (χ0) is 9.68. The highest BCUT2D eigenvalue weighted by Gasteiger charge is 2.11. The second-order valence-corrected chi connectivity index (χ2v) is 2.52. The van der Waals surface area contributed by atoms with Gasteiger partial charge in [0.1, 0.15) is 18.3 Å². The van der Waals surface area contributed by atoms with E-state index in [0.29, 0.717) is 5.56 Å². The van der Waals surface area contributed by atoms with Gasteiger partial charge in [-0.05, 0) is 17.7 Å². The van der Waals surface area contributed by atoms with Crippen molar-refractivity contribution < 1.29 is 5.11 Å². The van der Waals surface area contributed by atoms with Crippen molar-refractivity contribution in [1.29, 1.82) is 0 Å². The molecule has 0 aliphatic rings. The van der Waals surface area contributed by atoms with E-state index in [4.69, 9.17) is 5.11 Å². The van der Waals surface area contributed by atoms with Crippen molar-refractivity contribution >= 4 is 0 Å². The lowest BCUT2D eigenvalue weighted by Crippen LogP contribution is -1.97. The Balaban J connectivity index is 2.84. The highest BCUT2D eigenvalue weighted by molar-refractivity contribution is 5.28. The molecule has 0 saturated carbocycles. The van der Waals surface area contributed by atoms with E-state index >= 15 is 0 Å². The first-order valence-electron chi connectivity index (χ1n) is 3.68. The Hall–Kier alpha value is -1.78. The third-order valence-electron chi connectivity index (χ3n) is 1.65. The molecule has 0 aromatic heterocycles. The number of benzene rings is 1. The van der Waals surface area contributed by atoms with Crippen LogP contribution in [0.15, 0.2) is 34.6 Å². The Bertz CT molecular complexity index is 297. The van der Waals surface area contributed by atoms with Crippen LogP contribution in [0.5, 0.6) is 5.75 Å². The van der Waals surface area contributed by atoms with Crippen LogP contribution in [0.3, 0.4) is 0 Å². The van der Waals surface area contributed by atoms with Gasteiger partial charge in [-0.1, -0.05) is 22.5 Å². The van der Waals surface area contributed by atoms with E-state index in [-0.39, 0.29) is 12.3 Å². The Kier molecular flexibility index (Phi) is 3.08. The van der Waals surface area contributed by atoms with Gasteiger partial charge in [-0.15, -0.1) is 0 Å². The number of hydrogen-bond donors (Lipinski definition) is 1. The largest absolute Gasteiger partial charge is 0.508 e. The Labute approximate surface area is 74.3 Å². The highest BCUT2D eigenvalue weighted by Crippen LogP contribution is 2.19. The predicted octanol–water partition coefficient (Wildman–Crippen LogP) is 1.97. The summed E-state index contributed by atoms with van der Waals surface area (Å²) in [5, 5.41) is 14.3. The van der Waals surface area contributed by atoms with Gasteiger partial charge in [-0.25, -0.2) is 0 Å². The molecular weight excluding hydrogens is 172 g/mol. The van der Waals surface area contributed by atoms with Gasteiger partial charge in [0.15, 0.2) is 0 Å². The number of hydrogen-bond acceptors (Lipinski definition) is 5. The average molecular weight is 180 g/mol. The van der Waals surface area contributed by atoms with Gasteiger partial charge in [0.2, 0.25) is 0 Å². The highest BCUT2D eigenvalue weighted by atomic mass is 16.3. The lowest BCUT2D eigenvalue weighted by atomic mass is 10.1. The Morgan fingerprint density at radius 2 is 1.85 bits per heavy atom. The normalized spacial score (nSPS) is 12.0. The Morgan fingerprint density at radius 1 is 1.23 bits per heavy atom. The molecule has 0 aliphatic carbocycles. The molecule has 0 fully saturated rings. The zero-order valence-electron chi connectivity index (χ0n) is 6.75. The monoisotopic (exact) mass is 180 g/mol. The molecule has 1 aromatic carbocycles. The molecule has 13 heavy (non-hydrogen) atoms. The van der Waals surface area contributed by atoms with Crippen LogP contribution in [0, 0.1) is 9.81 Å². The molecule has 1 aromatic rings. The number of phenolic OH excluding ortho intramolecular Hbond substituents is 1. The van der Waals surface area contributed by atoms with E-state index in [9.17, 15) is 9.81 Å². The van der Waals surface area contributed by atoms with Crippen molar-refractivity contribution in [3.8, 4) is 5.75 Å². The summed E-state index contributed by atoms with van der Waals surface area (Å²) in [6, 6.07) is 5.17. The fraction of sp³-hybridized carbons (Fsp3) is 0.250. The van der Waals surface area contributed by atoms with Gasteiger partial charge in [-0.2, -0.15) is 9.81 Å². The molecule has 1 atom stereocenters. The predicted molar refractivity (Wildman–Crippen MR) is 47.3 cm³/mol. The molecule has 0 spiro atoms. The molecule has 0 amide bonds. The molecule has 0 aliphatic heterocycles. The van der Waals surface area contributed by atoms with Crippen molar-refractivity contribution in [2.45, 2.75) is 6.04 Å². The number of aromatic hydroxyl groups is 1. The zero-order valence-corrected chi connectivity index (χ0v) is 6.75. The third kappa shape index (κ3) is 2.33. The summed E-state index contributed by atoms with van der Waals surface area (Å²) in [5.41, 5.74) is 0.576. The minimum Gasteiger partial charge on any atom is -0.508 e. The van der Waals surface area contributed by atoms with E-state index in [2.05, 4.69) is 10.4 Å². The topological polar surface area (TPSA) is 79.1 Å². The van der Waals surface area contributed by atoms with E-state index in [1.54, 1.807) is 0 Å². The molecule has 0 saturated heterocycles. The summed E-state index contributed by atoms with van der Waals surface area (Å²) in [7, 11) is 0. The smallest absolute Gasteiger partial charge is 0.140 e. The second-order valence-electron chi connectivity index (χ2n) is 2.52. The summed E-state index contributed by atoms with van der Waals surface area (Å²) in [5.74, 6) is 0.104. The molecule has 5 heteroatoms. The molecule has 1 rings (SSSR count).